The second-order valence-corrected chi connectivity index (χ2v) is 3.39. The van der Waals surface area contributed by atoms with Crippen LogP contribution in [0.4, 0.5) is 0 Å². The van der Waals surface area contributed by atoms with Gasteiger partial charge in [-0.3, -0.25) is 4.68 Å². The molecule has 74 valence electrons. The standard InChI is InChI=1S/C10H19N3/c1-4-9(3)11-6-10-7-12-13(5-2)8-10/h7-9,11H,4-6H2,1-3H3. The lowest BCUT2D eigenvalue weighted by atomic mass is 10.2. The number of aromatic nitrogens is 2. The Balaban J connectivity index is 2.36. The molecule has 1 N–H and O–H groups in total. The molecule has 0 fully saturated rings. The lowest BCUT2D eigenvalue weighted by molar-refractivity contribution is 0.534. The Kier molecular flexibility index (Phi) is 3.96. The van der Waals surface area contributed by atoms with Crippen molar-refractivity contribution in [2.24, 2.45) is 0 Å². The first kappa shape index (κ1) is 10.3. The topological polar surface area (TPSA) is 29.9 Å². The first-order valence-electron chi connectivity index (χ1n) is 5.01. The zero-order valence-corrected chi connectivity index (χ0v) is 8.75. The molecule has 13 heavy (non-hydrogen) atoms. The van der Waals surface area contributed by atoms with Gasteiger partial charge in [-0.1, -0.05) is 6.92 Å². The zero-order chi connectivity index (χ0) is 9.68. The van der Waals surface area contributed by atoms with E-state index in [4.69, 9.17) is 0 Å². The van der Waals surface area contributed by atoms with Gasteiger partial charge in [-0.15, -0.1) is 0 Å². The van der Waals surface area contributed by atoms with E-state index in [-0.39, 0.29) is 0 Å². The highest BCUT2D eigenvalue weighted by Crippen LogP contribution is 1.98. The van der Waals surface area contributed by atoms with Crippen molar-refractivity contribution in [2.45, 2.75) is 46.3 Å². The van der Waals surface area contributed by atoms with Gasteiger partial charge in [0.2, 0.25) is 0 Å². The number of hydrogen-bond donors (Lipinski definition) is 1. The third kappa shape index (κ3) is 3.19. The summed E-state index contributed by atoms with van der Waals surface area (Å²) in [6.07, 6.45) is 5.19. The molecule has 1 atom stereocenters. The van der Waals surface area contributed by atoms with Crippen molar-refractivity contribution < 1.29 is 0 Å². The SMILES string of the molecule is CCC(C)NCc1cnn(CC)c1. The smallest absolute Gasteiger partial charge is 0.0534 e. The number of nitrogens with zero attached hydrogens (tertiary/aromatic N) is 2. The van der Waals surface area contributed by atoms with Crippen LogP contribution in [-0.2, 0) is 13.1 Å². The normalized spacial score (nSPS) is 13.2. The molecule has 1 aromatic rings. The molecule has 0 aromatic carbocycles. The van der Waals surface area contributed by atoms with E-state index in [0.29, 0.717) is 6.04 Å². The molecule has 0 bridgehead atoms. The van der Waals surface area contributed by atoms with E-state index in [9.17, 15) is 0 Å². The van der Waals surface area contributed by atoms with E-state index >= 15 is 0 Å². The summed E-state index contributed by atoms with van der Waals surface area (Å²) in [6, 6.07) is 0.588. The summed E-state index contributed by atoms with van der Waals surface area (Å²) in [5, 5.41) is 7.65. The molecule has 1 heterocycles. The molecule has 0 saturated carbocycles. The van der Waals surface area contributed by atoms with Crippen molar-refractivity contribution in [3.63, 3.8) is 0 Å². The Morgan fingerprint density at radius 1 is 1.54 bits per heavy atom. The summed E-state index contributed by atoms with van der Waals surface area (Å²) in [6.45, 7) is 8.36. The fraction of sp³-hybridized carbons (Fsp3) is 0.700. The minimum atomic E-state index is 0.588. The van der Waals surface area contributed by atoms with Gasteiger partial charge in [0.1, 0.15) is 0 Å². The lowest BCUT2D eigenvalue weighted by Gasteiger charge is -2.09. The Labute approximate surface area is 80.1 Å². The molecule has 1 unspecified atom stereocenters. The summed E-state index contributed by atoms with van der Waals surface area (Å²) in [5.41, 5.74) is 1.27. The van der Waals surface area contributed by atoms with Crippen molar-refractivity contribution in [3.8, 4) is 0 Å². The van der Waals surface area contributed by atoms with Gasteiger partial charge in [0.05, 0.1) is 6.20 Å². The summed E-state index contributed by atoms with van der Waals surface area (Å²) >= 11 is 0. The van der Waals surface area contributed by atoms with E-state index in [0.717, 1.165) is 13.1 Å². The van der Waals surface area contributed by atoms with Crippen LogP contribution in [0.5, 0.6) is 0 Å². The molecular weight excluding hydrogens is 162 g/mol. The van der Waals surface area contributed by atoms with Gasteiger partial charge in [-0.05, 0) is 20.3 Å². The summed E-state index contributed by atoms with van der Waals surface area (Å²) in [5.74, 6) is 0. The molecule has 0 spiro atoms. The maximum atomic E-state index is 4.22. The highest BCUT2D eigenvalue weighted by molar-refractivity contribution is 5.03. The second kappa shape index (κ2) is 5.02. The molecule has 0 aliphatic heterocycles. The van der Waals surface area contributed by atoms with E-state index in [1.807, 2.05) is 10.9 Å². The first-order valence-corrected chi connectivity index (χ1v) is 5.01. The van der Waals surface area contributed by atoms with Crippen molar-refractivity contribution >= 4 is 0 Å². The minimum absolute atomic E-state index is 0.588. The third-order valence-electron chi connectivity index (χ3n) is 2.28. The largest absolute Gasteiger partial charge is 0.310 e. The van der Waals surface area contributed by atoms with Crippen molar-refractivity contribution in [1.82, 2.24) is 15.1 Å². The summed E-state index contributed by atoms with van der Waals surface area (Å²) in [4.78, 5) is 0. The van der Waals surface area contributed by atoms with E-state index < -0.39 is 0 Å². The molecule has 0 aliphatic carbocycles. The van der Waals surface area contributed by atoms with Crippen LogP contribution < -0.4 is 5.32 Å². The average molecular weight is 181 g/mol. The Hall–Kier alpha value is -0.830. The molecule has 3 nitrogen and oxygen atoms in total. The first-order chi connectivity index (χ1) is 6.26. The third-order valence-corrected chi connectivity index (χ3v) is 2.28. The highest BCUT2D eigenvalue weighted by atomic mass is 15.3. The predicted molar refractivity (Wildman–Crippen MR) is 54.5 cm³/mol. The molecule has 3 heteroatoms. The van der Waals surface area contributed by atoms with Gasteiger partial charge >= 0.3 is 0 Å². The molecular formula is C10H19N3. The van der Waals surface area contributed by atoms with Crippen LogP contribution in [0.25, 0.3) is 0 Å². The molecule has 0 radical (unpaired) electrons. The van der Waals surface area contributed by atoms with Crippen LogP contribution in [0.15, 0.2) is 12.4 Å². The van der Waals surface area contributed by atoms with Crippen LogP contribution in [0.3, 0.4) is 0 Å². The van der Waals surface area contributed by atoms with Crippen molar-refractivity contribution in [3.05, 3.63) is 18.0 Å². The maximum Gasteiger partial charge on any atom is 0.0534 e. The number of nitrogens with one attached hydrogen (secondary N) is 1. The van der Waals surface area contributed by atoms with Crippen molar-refractivity contribution in [1.29, 1.82) is 0 Å². The van der Waals surface area contributed by atoms with Crippen LogP contribution in [0, 0.1) is 0 Å². The van der Waals surface area contributed by atoms with Gasteiger partial charge in [-0.25, -0.2) is 0 Å². The summed E-state index contributed by atoms with van der Waals surface area (Å²) < 4.78 is 1.95. The highest BCUT2D eigenvalue weighted by Gasteiger charge is 1.99. The molecule has 0 amide bonds. The molecule has 1 rings (SSSR count). The Bertz CT molecular complexity index is 242. The minimum Gasteiger partial charge on any atom is -0.310 e. The fourth-order valence-electron chi connectivity index (χ4n) is 1.11. The number of hydrogen-bond acceptors (Lipinski definition) is 2. The average Bonchev–Trinajstić information content (AvgIpc) is 2.61. The fourth-order valence-corrected chi connectivity index (χ4v) is 1.11. The van der Waals surface area contributed by atoms with Gasteiger partial charge in [-0.2, -0.15) is 5.10 Å². The van der Waals surface area contributed by atoms with Gasteiger partial charge in [0.15, 0.2) is 0 Å². The van der Waals surface area contributed by atoms with E-state index in [2.05, 4.69) is 37.4 Å². The van der Waals surface area contributed by atoms with Crippen molar-refractivity contribution in [2.75, 3.05) is 0 Å². The van der Waals surface area contributed by atoms with Crippen LogP contribution in [0.1, 0.15) is 32.8 Å². The van der Waals surface area contributed by atoms with E-state index in [1.165, 1.54) is 12.0 Å². The molecule has 1 aromatic heterocycles. The number of rotatable bonds is 5. The molecule has 0 aliphatic rings. The second-order valence-electron chi connectivity index (χ2n) is 3.39. The predicted octanol–water partition coefficient (Wildman–Crippen LogP) is 1.79. The van der Waals surface area contributed by atoms with Gasteiger partial charge in [0.25, 0.3) is 0 Å². The van der Waals surface area contributed by atoms with Gasteiger partial charge < -0.3 is 5.32 Å². The van der Waals surface area contributed by atoms with E-state index in [1.54, 1.807) is 0 Å². The Morgan fingerprint density at radius 3 is 2.85 bits per heavy atom. The monoisotopic (exact) mass is 181 g/mol. The van der Waals surface area contributed by atoms with Crippen LogP contribution in [0.2, 0.25) is 0 Å². The Morgan fingerprint density at radius 2 is 2.31 bits per heavy atom. The van der Waals surface area contributed by atoms with Gasteiger partial charge in [0, 0.05) is 30.9 Å². The number of aryl methyl sites for hydroxylation is 1. The quantitative estimate of drug-likeness (QED) is 0.750. The lowest BCUT2D eigenvalue weighted by Crippen LogP contribution is -2.24. The van der Waals surface area contributed by atoms with Crippen LogP contribution >= 0.6 is 0 Å². The zero-order valence-electron chi connectivity index (χ0n) is 8.75. The summed E-state index contributed by atoms with van der Waals surface area (Å²) in [7, 11) is 0. The molecule has 0 saturated heterocycles. The maximum absolute atomic E-state index is 4.22. The van der Waals surface area contributed by atoms with Crippen LogP contribution in [-0.4, -0.2) is 15.8 Å².